The summed E-state index contributed by atoms with van der Waals surface area (Å²) >= 11 is 4.61. The average Bonchev–Trinajstić information content (AvgIpc) is 2.73. The van der Waals surface area contributed by atoms with Gasteiger partial charge >= 0.3 is 0 Å². The maximum Gasteiger partial charge on any atom is 0.139 e. The Morgan fingerprint density at radius 2 is 2.38 bits per heavy atom. The summed E-state index contributed by atoms with van der Waals surface area (Å²) in [4.78, 5) is 3.98. The lowest BCUT2D eigenvalue weighted by molar-refractivity contribution is 0.478. The molecule has 0 aliphatic carbocycles. The third kappa shape index (κ3) is 1.75. The van der Waals surface area contributed by atoms with Crippen LogP contribution in [0.1, 0.15) is 26.3 Å². The fraction of sp³-hybridized carbons (Fsp3) is 0.364. The number of hydrogen-bond donors (Lipinski definition) is 0. The van der Waals surface area contributed by atoms with E-state index in [-0.39, 0.29) is 0 Å². The van der Waals surface area contributed by atoms with Crippen molar-refractivity contribution >= 4 is 34.1 Å². The van der Waals surface area contributed by atoms with Gasteiger partial charge in [-0.2, -0.15) is 4.99 Å². The SMILES string of the molecule is CCC(C)n1nnc2c(N=C=S)cccc21. The third-order valence-electron chi connectivity index (χ3n) is 2.66. The van der Waals surface area contributed by atoms with Crippen LogP contribution in [0, 0.1) is 0 Å². The first kappa shape index (κ1) is 10.9. The number of thiocarbonyl (C=S) groups is 1. The van der Waals surface area contributed by atoms with E-state index < -0.39 is 0 Å². The van der Waals surface area contributed by atoms with Gasteiger partial charge in [-0.15, -0.1) is 5.10 Å². The molecule has 0 bridgehead atoms. The molecule has 1 unspecified atom stereocenters. The Morgan fingerprint density at radius 3 is 3.06 bits per heavy atom. The molecule has 0 saturated carbocycles. The fourth-order valence-corrected chi connectivity index (χ4v) is 1.68. The molecule has 1 aromatic heterocycles. The molecule has 0 radical (unpaired) electrons. The largest absolute Gasteiger partial charge is 0.242 e. The molecule has 0 fully saturated rings. The number of aliphatic imine (C=N–C) groups is 1. The first-order chi connectivity index (χ1) is 7.77. The molecular formula is C11H12N4S. The highest BCUT2D eigenvalue weighted by Crippen LogP contribution is 2.25. The predicted octanol–water partition coefficient (Wildman–Crippen LogP) is 3.14. The van der Waals surface area contributed by atoms with Crippen molar-refractivity contribution in [3.05, 3.63) is 18.2 Å². The van der Waals surface area contributed by atoms with Crippen molar-refractivity contribution in [3.63, 3.8) is 0 Å². The summed E-state index contributed by atoms with van der Waals surface area (Å²) in [5.41, 5.74) is 2.49. The van der Waals surface area contributed by atoms with Gasteiger partial charge in [0.05, 0.1) is 16.7 Å². The molecule has 0 N–H and O–H groups in total. The summed E-state index contributed by atoms with van der Waals surface area (Å²) in [6.45, 7) is 4.24. The van der Waals surface area contributed by atoms with Gasteiger partial charge in [-0.25, -0.2) is 4.68 Å². The van der Waals surface area contributed by atoms with Gasteiger partial charge in [0.2, 0.25) is 0 Å². The van der Waals surface area contributed by atoms with Crippen molar-refractivity contribution in [2.75, 3.05) is 0 Å². The molecule has 1 aromatic carbocycles. The molecule has 5 heteroatoms. The molecule has 0 amide bonds. The van der Waals surface area contributed by atoms with Gasteiger partial charge in [0.1, 0.15) is 11.2 Å². The molecule has 0 spiro atoms. The van der Waals surface area contributed by atoms with Crippen LogP contribution in [-0.4, -0.2) is 20.2 Å². The van der Waals surface area contributed by atoms with E-state index in [1.807, 2.05) is 22.9 Å². The van der Waals surface area contributed by atoms with Crippen molar-refractivity contribution < 1.29 is 0 Å². The van der Waals surface area contributed by atoms with E-state index in [1.165, 1.54) is 0 Å². The highest BCUT2D eigenvalue weighted by Gasteiger charge is 2.11. The van der Waals surface area contributed by atoms with Crippen molar-refractivity contribution in [3.8, 4) is 0 Å². The van der Waals surface area contributed by atoms with Crippen LogP contribution in [0.15, 0.2) is 23.2 Å². The molecule has 2 aromatic rings. The molecule has 16 heavy (non-hydrogen) atoms. The van der Waals surface area contributed by atoms with Crippen LogP contribution < -0.4 is 0 Å². The molecule has 82 valence electrons. The van der Waals surface area contributed by atoms with E-state index in [0.717, 1.165) is 23.1 Å². The Bertz CT molecular complexity index is 554. The molecule has 0 saturated heterocycles. The van der Waals surface area contributed by atoms with Crippen LogP contribution in [0.3, 0.4) is 0 Å². The first-order valence-corrected chi connectivity index (χ1v) is 5.60. The molecule has 0 aliphatic rings. The van der Waals surface area contributed by atoms with Crippen LogP contribution >= 0.6 is 12.2 Å². The Kier molecular flexibility index (Phi) is 3.08. The van der Waals surface area contributed by atoms with E-state index in [1.54, 1.807) is 0 Å². The van der Waals surface area contributed by atoms with E-state index in [0.29, 0.717) is 6.04 Å². The highest BCUT2D eigenvalue weighted by atomic mass is 32.1. The van der Waals surface area contributed by atoms with Gasteiger partial charge in [0, 0.05) is 0 Å². The van der Waals surface area contributed by atoms with Gasteiger partial charge in [-0.1, -0.05) is 18.2 Å². The van der Waals surface area contributed by atoms with Crippen LogP contribution in [0.4, 0.5) is 5.69 Å². The molecule has 2 rings (SSSR count). The minimum atomic E-state index is 0.330. The second kappa shape index (κ2) is 4.51. The maximum atomic E-state index is 4.61. The van der Waals surface area contributed by atoms with E-state index in [4.69, 9.17) is 0 Å². The summed E-state index contributed by atoms with van der Waals surface area (Å²) in [5, 5.41) is 10.7. The number of nitrogens with zero attached hydrogens (tertiary/aromatic N) is 4. The molecule has 4 nitrogen and oxygen atoms in total. The number of aromatic nitrogens is 3. The second-order valence-electron chi connectivity index (χ2n) is 3.64. The topological polar surface area (TPSA) is 43.1 Å². The summed E-state index contributed by atoms with van der Waals surface area (Å²) in [6.07, 6.45) is 1.01. The van der Waals surface area contributed by atoms with Crippen molar-refractivity contribution in [2.45, 2.75) is 26.3 Å². The Morgan fingerprint density at radius 1 is 1.56 bits per heavy atom. The minimum Gasteiger partial charge on any atom is -0.242 e. The van der Waals surface area contributed by atoms with E-state index >= 15 is 0 Å². The van der Waals surface area contributed by atoms with Crippen molar-refractivity contribution in [1.82, 2.24) is 15.0 Å². The van der Waals surface area contributed by atoms with Crippen molar-refractivity contribution in [1.29, 1.82) is 0 Å². The summed E-state index contributed by atoms with van der Waals surface area (Å²) in [7, 11) is 0. The van der Waals surface area contributed by atoms with Gasteiger partial charge in [0.25, 0.3) is 0 Å². The van der Waals surface area contributed by atoms with Crippen LogP contribution in [0.5, 0.6) is 0 Å². The summed E-state index contributed by atoms with van der Waals surface area (Å²) in [6, 6.07) is 6.11. The second-order valence-corrected chi connectivity index (χ2v) is 3.82. The highest BCUT2D eigenvalue weighted by molar-refractivity contribution is 7.78. The normalized spacial score (nSPS) is 12.4. The zero-order valence-corrected chi connectivity index (χ0v) is 10.0. The third-order valence-corrected chi connectivity index (χ3v) is 2.75. The van der Waals surface area contributed by atoms with Gasteiger partial charge in [-0.3, -0.25) is 0 Å². The minimum absolute atomic E-state index is 0.330. The number of benzene rings is 1. The standard InChI is InChI=1S/C11H12N4S/c1-3-8(2)15-10-6-4-5-9(12-7-16)11(10)13-14-15/h4-6,8H,3H2,1-2H3. The summed E-state index contributed by atoms with van der Waals surface area (Å²) in [5.74, 6) is 0. The van der Waals surface area contributed by atoms with Crippen LogP contribution in [-0.2, 0) is 0 Å². The maximum absolute atomic E-state index is 4.61. The Labute approximate surface area is 99.0 Å². The molecule has 1 heterocycles. The van der Waals surface area contributed by atoms with Crippen LogP contribution in [0.25, 0.3) is 11.0 Å². The number of hydrogen-bond acceptors (Lipinski definition) is 4. The average molecular weight is 232 g/mol. The van der Waals surface area contributed by atoms with E-state index in [9.17, 15) is 0 Å². The van der Waals surface area contributed by atoms with Gasteiger partial charge in [-0.05, 0) is 37.7 Å². The van der Waals surface area contributed by atoms with Gasteiger partial charge in [0.15, 0.2) is 0 Å². The Hall–Kier alpha value is -1.58. The van der Waals surface area contributed by atoms with Crippen molar-refractivity contribution in [2.24, 2.45) is 4.99 Å². The number of fused-ring (bicyclic) bond motifs is 1. The number of isothiocyanates is 1. The lowest BCUT2D eigenvalue weighted by Crippen LogP contribution is -2.05. The molecular weight excluding hydrogens is 220 g/mol. The lowest BCUT2D eigenvalue weighted by atomic mass is 10.2. The van der Waals surface area contributed by atoms with Gasteiger partial charge < -0.3 is 0 Å². The van der Waals surface area contributed by atoms with Crippen LogP contribution in [0.2, 0.25) is 0 Å². The Balaban J connectivity index is 2.65. The zero-order valence-electron chi connectivity index (χ0n) is 9.21. The smallest absolute Gasteiger partial charge is 0.139 e. The summed E-state index contributed by atoms with van der Waals surface area (Å²) < 4.78 is 1.91. The first-order valence-electron chi connectivity index (χ1n) is 5.19. The monoisotopic (exact) mass is 232 g/mol. The fourth-order valence-electron chi connectivity index (χ4n) is 1.59. The number of rotatable bonds is 3. The lowest BCUT2D eigenvalue weighted by Gasteiger charge is -2.08. The van der Waals surface area contributed by atoms with E-state index in [2.05, 4.69) is 46.5 Å². The predicted molar refractivity (Wildman–Crippen MR) is 67.2 cm³/mol. The molecule has 0 aliphatic heterocycles. The molecule has 1 atom stereocenters. The zero-order chi connectivity index (χ0) is 11.5. The quantitative estimate of drug-likeness (QED) is 0.603.